The highest BCUT2D eigenvalue weighted by Crippen LogP contribution is 2.29. The monoisotopic (exact) mass is 337 g/mol. The molecule has 0 aliphatic carbocycles. The van der Waals surface area contributed by atoms with Crippen LogP contribution in [-0.4, -0.2) is 17.1 Å². The van der Waals surface area contributed by atoms with E-state index in [9.17, 15) is 0 Å². The van der Waals surface area contributed by atoms with Gasteiger partial charge >= 0.3 is 0 Å². The van der Waals surface area contributed by atoms with Crippen LogP contribution >= 0.6 is 12.4 Å². The molecule has 120 valence electrons. The molecule has 0 unspecified atom stereocenters. The van der Waals surface area contributed by atoms with Gasteiger partial charge in [0.1, 0.15) is 11.6 Å². The lowest BCUT2D eigenvalue weighted by molar-refractivity contribution is 0.415. The number of rotatable bonds is 2. The number of benzene rings is 3. The van der Waals surface area contributed by atoms with Crippen molar-refractivity contribution in [3.05, 3.63) is 60.7 Å². The van der Waals surface area contributed by atoms with E-state index < -0.39 is 0 Å². The van der Waals surface area contributed by atoms with Gasteiger partial charge in [-0.25, -0.2) is 9.97 Å². The molecule has 5 heteroatoms. The van der Waals surface area contributed by atoms with E-state index in [1.807, 2.05) is 48.5 Å². The van der Waals surface area contributed by atoms with Gasteiger partial charge in [-0.3, -0.25) is 0 Å². The van der Waals surface area contributed by atoms with Crippen molar-refractivity contribution >= 4 is 39.9 Å². The van der Waals surface area contributed by atoms with Crippen LogP contribution < -0.4 is 10.5 Å². The van der Waals surface area contributed by atoms with Crippen molar-refractivity contribution in [2.45, 2.75) is 0 Å². The molecule has 0 saturated carbocycles. The SMILES string of the molecule is COc1ccc(-c2nc(N)c3ccc4ccccc4c3n2)cc1.Cl. The molecule has 3 aromatic carbocycles. The van der Waals surface area contributed by atoms with E-state index in [-0.39, 0.29) is 12.4 Å². The Kier molecular flexibility index (Phi) is 4.23. The van der Waals surface area contributed by atoms with Crippen molar-refractivity contribution in [2.75, 3.05) is 12.8 Å². The molecule has 0 bridgehead atoms. The van der Waals surface area contributed by atoms with Crippen molar-refractivity contribution in [1.29, 1.82) is 0 Å². The van der Waals surface area contributed by atoms with E-state index >= 15 is 0 Å². The van der Waals surface area contributed by atoms with Gasteiger partial charge in [-0.1, -0.05) is 30.3 Å². The van der Waals surface area contributed by atoms with Crippen molar-refractivity contribution < 1.29 is 4.74 Å². The molecule has 1 heterocycles. The third kappa shape index (κ3) is 2.61. The van der Waals surface area contributed by atoms with Crippen molar-refractivity contribution in [1.82, 2.24) is 9.97 Å². The normalized spacial score (nSPS) is 10.5. The van der Waals surface area contributed by atoms with Gasteiger partial charge < -0.3 is 10.5 Å². The second-order valence-corrected chi connectivity index (χ2v) is 5.34. The third-order valence-corrected chi connectivity index (χ3v) is 3.97. The lowest BCUT2D eigenvalue weighted by Gasteiger charge is -2.08. The zero-order valence-corrected chi connectivity index (χ0v) is 13.9. The van der Waals surface area contributed by atoms with Crippen LogP contribution in [0.4, 0.5) is 5.82 Å². The maximum atomic E-state index is 6.17. The molecule has 0 radical (unpaired) electrons. The standard InChI is InChI=1S/C19H15N3O.ClH/c1-23-14-9-6-13(7-10-14)19-21-17-15-5-3-2-4-12(15)8-11-16(17)18(20)22-19;/h2-11H,1H3,(H2,20,21,22);1H. The van der Waals surface area contributed by atoms with Crippen molar-refractivity contribution in [3.8, 4) is 17.1 Å². The van der Waals surface area contributed by atoms with Gasteiger partial charge in [0.15, 0.2) is 5.82 Å². The summed E-state index contributed by atoms with van der Waals surface area (Å²) >= 11 is 0. The molecule has 0 atom stereocenters. The first-order chi connectivity index (χ1) is 11.3. The zero-order valence-electron chi connectivity index (χ0n) is 13.1. The molecular formula is C19H16ClN3O. The summed E-state index contributed by atoms with van der Waals surface area (Å²) < 4.78 is 5.19. The first-order valence-electron chi connectivity index (χ1n) is 7.35. The van der Waals surface area contributed by atoms with Crippen LogP contribution in [0.25, 0.3) is 33.1 Å². The van der Waals surface area contributed by atoms with E-state index in [1.54, 1.807) is 7.11 Å². The maximum absolute atomic E-state index is 6.17. The zero-order chi connectivity index (χ0) is 15.8. The van der Waals surface area contributed by atoms with E-state index in [0.29, 0.717) is 11.6 Å². The molecule has 0 spiro atoms. The largest absolute Gasteiger partial charge is 0.497 e. The van der Waals surface area contributed by atoms with Gasteiger partial charge in [0.2, 0.25) is 0 Å². The van der Waals surface area contributed by atoms with Gasteiger partial charge in [0.25, 0.3) is 0 Å². The highest BCUT2D eigenvalue weighted by molar-refractivity contribution is 6.08. The van der Waals surface area contributed by atoms with Gasteiger partial charge in [0, 0.05) is 16.3 Å². The maximum Gasteiger partial charge on any atom is 0.162 e. The third-order valence-electron chi connectivity index (χ3n) is 3.97. The molecule has 1 aromatic heterocycles. The number of aromatic nitrogens is 2. The van der Waals surface area contributed by atoms with Gasteiger partial charge in [0.05, 0.1) is 12.6 Å². The van der Waals surface area contributed by atoms with Crippen molar-refractivity contribution in [3.63, 3.8) is 0 Å². The Morgan fingerprint density at radius 2 is 1.58 bits per heavy atom. The van der Waals surface area contributed by atoms with Crippen LogP contribution in [0.5, 0.6) is 5.75 Å². The van der Waals surface area contributed by atoms with Crippen LogP contribution in [0, 0.1) is 0 Å². The molecule has 24 heavy (non-hydrogen) atoms. The Morgan fingerprint density at radius 3 is 2.33 bits per heavy atom. The van der Waals surface area contributed by atoms with Crippen LogP contribution in [0.1, 0.15) is 0 Å². The van der Waals surface area contributed by atoms with E-state index in [0.717, 1.165) is 33.0 Å². The number of hydrogen-bond donors (Lipinski definition) is 1. The highest BCUT2D eigenvalue weighted by atomic mass is 35.5. The fraction of sp³-hybridized carbons (Fsp3) is 0.0526. The Morgan fingerprint density at radius 1 is 0.833 bits per heavy atom. The second kappa shape index (κ2) is 6.34. The predicted octanol–water partition coefficient (Wildman–Crippen LogP) is 4.46. The summed E-state index contributed by atoms with van der Waals surface area (Å²) in [6.07, 6.45) is 0. The lowest BCUT2D eigenvalue weighted by atomic mass is 10.1. The van der Waals surface area contributed by atoms with Crippen LogP contribution in [0.15, 0.2) is 60.7 Å². The molecule has 0 amide bonds. The molecule has 0 aliphatic heterocycles. The van der Waals surface area contributed by atoms with Gasteiger partial charge in [-0.15, -0.1) is 12.4 Å². The second-order valence-electron chi connectivity index (χ2n) is 5.34. The quantitative estimate of drug-likeness (QED) is 0.548. The molecule has 0 aliphatic rings. The summed E-state index contributed by atoms with van der Waals surface area (Å²) in [6, 6.07) is 19.8. The van der Waals surface area contributed by atoms with Crippen LogP contribution in [-0.2, 0) is 0 Å². The average molecular weight is 338 g/mol. The number of nitrogens with zero attached hydrogens (tertiary/aromatic N) is 2. The highest BCUT2D eigenvalue weighted by Gasteiger charge is 2.10. The predicted molar refractivity (Wildman–Crippen MR) is 101 cm³/mol. The summed E-state index contributed by atoms with van der Waals surface area (Å²) in [5.41, 5.74) is 7.95. The summed E-state index contributed by atoms with van der Waals surface area (Å²) in [5, 5.41) is 3.09. The van der Waals surface area contributed by atoms with Crippen LogP contribution in [0.3, 0.4) is 0 Å². The number of nitrogens with two attached hydrogens (primary N) is 1. The van der Waals surface area contributed by atoms with Gasteiger partial charge in [-0.05, 0) is 35.7 Å². The number of hydrogen-bond acceptors (Lipinski definition) is 4. The number of methoxy groups -OCH3 is 1. The Hall–Kier alpha value is -2.85. The minimum absolute atomic E-state index is 0. The summed E-state index contributed by atoms with van der Waals surface area (Å²) in [4.78, 5) is 9.22. The average Bonchev–Trinajstić information content (AvgIpc) is 2.61. The first-order valence-corrected chi connectivity index (χ1v) is 7.35. The number of fused-ring (bicyclic) bond motifs is 3. The number of anilines is 1. The summed E-state index contributed by atoms with van der Waals surface area (Å²) in [7, 11) is 1.64. The molecule has 4 aromatic rings. The Bertz CT molecular complexity index is 1020. The van der Waals surface area contributed by atoms with E-state index in [2.05, 4.69) is 17.1 Å². The molecule has 4 rings (SSSR count). The molecule has 2 N–H and O–H groups in total. The molecule has 4 nitrogen and oxygen atoms in total. The van der Waals surface area contributed by atoms with Gasteiger partial charge in [-0.2, -0.15) is 0 Å². The van der Waals surface area contributed by atoms with Crippen LogP contribution in [0.2, 0.25) is 0 Å². The fourth-order valence-electron chi connectivity index (χ4n) is 2.76. The minimum Gasteiger partial charge on any atom is -0.497 e. The number of ether oxygens (including phenoxy) is 1. The fourth-order valence-corrected chi connectivity index (χ4v) is 2.76. The smallest absolute Gasteiger partial charge is 0.162 e. The number of halogens is 1. The summed E-state index contributed by atoms with van der Waals surface area (Å²) in [6.45, 7) is 0. The minimum atomic E-state index is 0. The Labute approximate surface area is 145 Å². The molecular weight excluding hydrogens is 322 g/mol. The topological polar surface area (TPSA) is 61.0 Å². The lowest BCUT2D eigenvalue weighted by Crippen LogP contribution is -1.98. The first kappa shape index (κ1) is 16.0. The number of nitrogen functional groups attached to an aromatic ring is 1. The van der Waals surface area contributed by atoms with Crippen molar-refractivity contribution in [2.24, 2.45) is 0 Å². The summed E-state index contributed by atoms with van der Waals surface area (Å²) in [5.74, 6) is 1.91. The molecule has 0 fully saturated rings. The molecule has 0 saturated heterocycles. The van der Waals surface area contributed by atoms with E-state index in [1.165, 1.54) is 0 Å². The van der Waals surface area contributed by atoms with E-state index in [4.69, 9.17) is 15.5 Å². The Balaban J connectivity index is 0.00000169.